The van der Waals surface area contributed by atoms with Gasteiger partial charge in [0.25, 0.3) is 5.91 Å². The van der Waals surface area contributed by atoms with Crippen LogP contribution < -0.4 is 10.6 Å². The number of hydrogen-bond donors (Lipinski definition) is 4. The minimum atomic E-state index is -5.01. The lowest BCUT2D eigenvalue weighted by atomic mass is 9.87. The van der Waals surface area contributed by atoms with Gasteiger partial charge in [0, 0.05) is 16.6 Å². The van der Waals surface area contributed by atoms with E-state index in [1.165, 1.54) is 35.3 Å². The molecule has 4 rings (SSSR count). The molecule has 1 fully saturated rings. The van der Waals surface area contributed by atoms with E-state index >= 15 is 0 Å². The van der Waals surface area contributed by atoms with E-state index in [1.54, 1.807) is 24.3 Å². The summed E-state index contributed by atoms with van der Waals surface area (Å²) < 4.78 is 40.7. The first-order valence-corrected chi connectivity index (χ1v) is 13.8. The van der Waals surface area contributed by atoms with Crippen molar-refractivity contribution in [2.24, 2.45) is 5.92 Å². The molecule has 14 heteroatoms. The molecule has 1 aromatic heterocycles. The van der Waals surface area contributed by atoms with Crippen molar-refractivity contribution in [2.75, 3.05) is 6.54 Å². The molecule has 10 nitrogen and oxygen atoms in total. The summed E-state index contributed by atoms with van der Waals surface area (Å²) in [6.45, 7) is 0.694. The Balaban J connectivity index is 1.45. The Hall–Kier alpha value is -3.97. The number of aliphatic hydroxyl groups is 1. The number of aliphatic hydroxyl groups excluding tert-OH is 1. The zero-order valence-electron chi connectivity index (χ0n) is 22.7. The Kier molecular flexibility index (Phi) is 9.84. The molecule has 1 saturated carbocycles. The molecule has 224 valence electrons. The van der Waals surface area contributed by atoms with E-state index < -0.39 is 30.7 Å². The van der Waals surface area contributed by atoms with E-state index in [0.29, 0.717) is 27.1 Å². The van der Waals surface area contributed by atoms with Gasteiger partial charge in [-0.1, -0.05) is 30.7 Å². The van der Waals surface area contributed by atoms with Gasteiger partial charge in [0.15, 0.2) is 11.9 Å². The largest absolute Gasteiger partial charge is 0.416 e. The number of amidine groups is 1. The minimum Gasteiger partial charge on any atom is -0.382 e. The van der Waals surface area contributed by atoms with Crippen molar-refractivity contribution < 1.29 is 27.9 Å². The lowest BCUT2D eigenvalue weighted by Crippen LogP contribution is -2.50. The number of rotatable bonds is 8. The molecular weight excluding hydrogens is 575 g/mol. The predicted octanol–water partition coefficient (Wildman–Crippen LogP) is 4.69. The van der Waals surface area contributed by atoms with Crippen molar-refractivity contribution in [1.82, 2.24) is 30.3 Å². The summed E-state index contributed by atoms with van der Waals surface area (Å²) in [6.07, 6.45) is -2.60. The number of para-hydroxylation sites is 1. The molecular formula is C28H31ClF3N7O3. The standard InChI is InChI=1S/C28H31ClF3N7O3/c1-17-6-12-20(13-7-17)36-26(41)21-4-2-3-5-22(21)39-16-35-24(37-39)14-34-27(42)38(15-23(40)28(30,31)32)25(33)18-8-10-19(29)11-9-18/h2-5,8-11,16-17,20,23,33,40H,6-7,12-15H2,1H3,(H,34,42)(H,36,41)/t17?,20?,23-/m0/s1. The highest BCUT2D eigenvalue weighted by Gasteiger charge is 2.41. The van der Waals surface area contributed by atoms with Gasteiger partial charge in [0.1, 0.15) is 12.2 Å². The summed E-state index contributed by atoms with van der Waals surface area (Å²) >= 11 is 5.85. The molecule has 3 amide bonds. The summed E-state index contributed by atoms with van der Waals surface area (Å²) in [7, 11) is 0. The Morgan fingerprint density at radius 3 is 2.48 bits per heavy atom. The molecule has 0 radical (unpaired) electrons. The van der Waals surface area contributed by atoms with Crippen LogP contribution in [0.25, 0.3) is 5.69 Å². The monoisotopic (exact) mass is 605 g/mol. The minimum absolute atomic E-state index is 0.0914. The average molecular weight is 606 g/mol. The first kappa shape index (κ1) is 31.0. The third-order valence-electron chi connectivity index (χ3n) is 7.05. The van der Waals surface area contributed by atoms with Crippen LogP contribution in [-0.2, 0) is 6.54 Å². The fourth-order valence-electron chi connectivity index (χ4n) is 4.59. The fraction of sp³-hybridized carbons (Fsp3) is 0.393. The van der Waals surface area contributed by atoms with E-state index in [9.17, 15) is 27.9 Å². The van der Waals surface area contributed by atoms with E-state index in [4.69, 9.17) is 17.0 Å². The number of urea groups is 1. The maximum atomic E-state index is 13.1. The van der Waals surface area contributed by atoms with Crippen LogP contribution in [0.2, 0.25) is 5.02 Å². The fourth-order valence-corrected chi connectivity index (χ4v) is 4.72. The van der Waals surface area contributed by atoms with E-state index in [0.717, 1.165) is 25.7 Å². The molecule has 0 bridgehead atoms. The third-order valence-corrected chi connectivity index (χ3v) is 7.30. The maximum Gasteiger partial charge on any atom is 0.416 e. The number of alkyl halides is 3. The van der Waals surface area contributed by atoms with Crippen molar-refractivity contribution in [3.63, 3.8) is 0 Å². The van der Waals surface area contributed by atoms with Gasteiger partial charge in [0.2, 0.25) is 0 Å². The van der Waals surface area contributed by atoms with Crippen LogP contribution in [-0.4, -0.2) is 67.4 Å². The number of nitrogens with zero attached hydrogens (tertiary/aromatic N) is 4. The summed E-state index contributed by atoms with van der Waals surface area (Å²) in [6, 6.07) is 11.5. The number of halogens is 4. The Bertz CT molecular complexity index is 1410. The van der Waals surface area contributed by atoms with Crippen LogP contribution in [0.3, 0.4) is 0 Å². The van der Waals surface area contributed by atoms with Crippen LogP contribution in [0, 0.1) is 11.3 Å². The summed E-state index contributed by atoms with van der Waals surface area (Å²) in [4.78, 5) is 30.7. The second kappa shape index (κ2) is 13.3. The molecule has 0 spiro atoms. The molecule has 2 aromatic carbocycles. The number of amides is 3. The molecule has 1 aliphatic rings. The van der Waals surface area contributed by atoms with Gasteiger partial charge in [-0.15, -0.1) is 5.10 Å². The van der Waals surface area contributed by atoms with Gasteiger partial charge in [-0.05, 0) is 68.0 Å². The zero-order chi connectivity index (χ0) is 30.4. The molecule has 4 N–H and O–H groups in total. The lowest BCUT2D eigenvalue weighted by molar-refractivity contribution is -0.204. The van der Waals surface area contributed by atoms with Crippen LogP contribution >= 0.6 is 11.6 Å². The van der Waals surface area contributed by atoms with Gasteiger partial charge in [-0.3, -0.25) is 15.1 Å². The van der Waals surface area contributed by atoms with Crippen LogP contribution in [0.4, 0.5) is 18.0 Å². The predicted molar refractivity (Wildman–Crippen MR) is 150 cm³/mol. The van der Waals surface area contributed by atoms with Gasteiger partial charge < -0.3 is 15.7 Å². The number of carbonyl (C=O) groups excluding carboxylic acids is 2. The van der Waals surface area contributed by atoms with E-state index in [1.807, 2.05) is 0 Å². The lowest BCUT2D eigenvalue weighted by Gasteiger charge is -2.27. The number of hydrogen-bond acceptors (Lipinski definition) is 6. The SMILES string of the molecule is CC1CCC(NC(=O)c2ccccc2-n2cnc(CNC(=O)N(C[C@H](O)C(F)(F)F)C(=N)c3ccc(Cl)cc3)n2)CC1. The molecule has 0 aliphatic heterocycles. The summed E-state index contributed by atoms with van der Waals surface area (Å²) in [5.41, 5.74) is 0.966. The van der Waals surface area contributed by atoms with Crippen LogP contribution in [0.1, 0.15) is 54.4 Å². The maximum absolute atomic E-state index is 13.1. The first-order valence-electron chi connectivity index (χ1n) is 13.4. The molecule has 42 heavy (non-hydrogen) atoms. The second-order valence-electron chi connectivity index (χ2n) is 10.2. The van der Waals surface area contributed by atoms with Crippen LogP contribution in [0.15, 0.2) is 54.9 Å². The molecule has 0 unspecified atom stereocenters. The highest BCUT2D eigenvalue weighted by molar-refractivity contribution is 6.30. The highest BCUT2D eigenvalue weighted by atomic mass is 35.5. The number of benzene rings is 2. The Morgan fingerprint density at radius 2 is 1.81 bits per heavy atom. The van der Waals surface area contributed by atoms with E-state index in [2.05, 4.69) is 27.6 Å². The highest BCUT2D eigenvalue weighted by Crippen LogP contribution is 2.25. The first-order chi connectivity index (χ1) is 19.9. The van der Waals surface area contributed by atoms with Crippen molar-refractivity contribution in [1.29, 1.82) is 5.41 Å². The van der Waals surface area contributed by atoms with Crippen molar-refractivity contribution in [3.05, 3.63) is 76.8 Å². The Labute approximate surface area is 245 Å². The second-order valence-corrected chi connectivity index (χ2v) is 10.7. The van der Waals surface area contributed by atoms with Crippen molar-refractivity contribution in [2.45, 2.75) is 57.5 Å². The molecule has 1 aliphatic carbocycles. The van der Waals surface area contributed by atoms with E-state index in [-0.39, 0.29) is 29.9 Å². The Morgan fingerprint density at radius 1 is 1.14 bits per heavy atom. The average Bonchev–Trinajstić information content (AvgIpc) is 3.44. The van der Waals surface area contributed by atoms with Gasteiger partial charge in [-0.2, -0.15) is 13.2 Å². The third kappa shape index (κ3) is 7.85. The summed E-state index contributed by atoms with van der Waals surface area (Å²) in [5.74, 6) is -0.0631. The number of aromatic nitrogens is 3. The van der Waals surface area contributed by atoms with Crippen molar-refractivity contribution >= 4 is 29.4 Å². The quantitative estimate of drug-likeness (QED) is 0.218. The topological polar surface area (TPSA) is 136 Å². The van der Waals surface area contributed by atoms with Crippen LogP contribution in [0.5, 0.6) is 0 Å². The van der Waals surface area contributed by atoms with Gasteiger partial charge in [-0.25, -0.2) is 14.5 Å². The molecule has 1 atom stereocenters. The van der Waals surface area contributed by atoms with Gasteiger partial charge in [0.05, 0.1) is 24.3 Å². The van der Waals surface area contributed by atoms with Gasteiger partial charge >= 0.3 is 12.2 Å². The summed E-state index contributed by atoms with van der Waals surface area (Å²) in [5, 5.41) is 28.1. The number of carbonyl (C=O) groups is 2. The van der Waals surface area contributed by atoms with Crippen molar-refractivity contribution in [3.8, 4) is 5.69 Å². The molecule has 0 saturated heterocycles. The zero-order valence-corrected chi connectivity index (χ0v) is 23.5. The molecule has 3 aromatic rings. The normalized spacial score (nSPS) is 17.8. The molecule has 1 heterocycles. The smallest absolute Gasteiger partial charge is 0.382 e. The number of nitrogens with one attached hydrogen (secondary N) is 3.